The normalized spacial score (nSPS) is 12.4. The molecule has 0 saturated heterocycles. The van der Waals surface area contributed by atoms with Crippen LogP contribution >= 0.6 is 27.3 Å². The van der Waals surface area contributed by atoms with E-state index in [9.17, 15) is 0 Å². The largest absolute Gasteiger partial charge is 0.351 e. The fraction of sp³-hybridized carbons (Fsp3) is 0.273. The highest BCUT2D eigenvalue weighted by Gasteiger charge is 2.05. The Kier molecular flexibility index (Phi) is 3.90. The predicted octanol–water partition coefficient (Wildman–Crippen LogP) is 3.34. The molecular weight excluding hydrogens is 286 g/mol. The Hall–Kier alpha value is -0.940. The zero-order valence-corrected chi connectivity index (χ0v) is 11.3. The minimum absolute atomic E-state index is 0.333. The number of thiophene rings is 1. The van der Waals surface area contributed by atoms with Crippen molar-refractivity contribution in [1.29, 1.82) is 0 Å². The Bertz CT molecular complexity index is 427. The molecule has 0 saturated carbocycles. The van der Waals surface area contributed by atoms with Gasteiger partial charge in [-0.3, -0.25) is 0 Å². The van der Waals surface area contributed by atoms with E-state index in [1.54, 1.807) is 23.7 Å². The van der Waals surface area contributed by atoms with Crippen LogP contribution in [0, 0.1) is 0 Å². The molecule has 2 heterocycles. The molecule has 0 radical (unpaired) electrons. The molecule has 2 aromatic rings. The maximum atomic E-state index is 4.18. The zero-order valence-electron chi connectivity index (χ0n) is 8.85. The Labute approximate surface area is 107 Å². The SMILES string of the molecule is CC(Cc1cccs1)Nc1ncc(Br)cn1. The van der Waals surface area contributed by atoms with Crippen molar-refractivity contribution in [2.45, 2.75) is 19.4 Å². The van der Waals surface area contributed by atoms with Gasteiger partial charge in [0, 0.05) is 29.7 Å². The van der Waals surface area contributed by atoms with E-state index >= 15 is 0 Å². The van der Waals surface area contributed by atoms with E-state index in [1.165, 1.54) is 4.88 Å². The molecule has 0 fully saturated rings. The first-order valence-electron chi connectivity index (χ1n) is 5.00. The van der Waals surface area contributed by atoms with Gasteiger partial charge in [0.05, 0.1) is 4.47 Å². The van der Waals surface area contributed by atoms with E-state index in [0.29, 0.717) is 12.0 Å². The second-order valence-corrected chi connectivity index (χ2v) is 5.50. The molecule has 0 aliphatic rings. The van der Waals surface area contributed by atoms with E-state index in [4.69, 9.17) is 0 Å². The van der Waals surface area contributed by atoms with Crippen LogP contribution in [0.5, 0.6) is 0 Å². The molecule has 16 heavy (non-hydrogen) atoms. The number of hydrogen-bond donors (Lipinski definition) is 1. The molecule has 84 valence electrons. The summed E-state index contributed by atoms with van der Waals surface area (Å²) in [5.41, 5.74) is 0. The summed E-state index contributed by atoms with van der Waals surface area (Å²) in [5.74, 6) is 0.673. The van der Waals surface area contributed by atoms with Gasteiger partial charge in [0.1, 0.15) is 0 Å². The van der Waals surface area contributed by atoms with Gasteiger partial charge in [-0.15, -0.1) is 11.3 Å². The third kappa shape index (κ3) is 3.28. The maximum Gasteiger partial charge on any atom is 0.222 e. The van der Waals surface area contributed by atoms with Crippen molar-refractivity contribution >= 4 is 33.2 Å². The molecule has 3 nitrogen and oxygen atoms in total. The molecule has 1 N–H and O–H groups in total. The minimum Gasteiger partial charge on any atom is -0.351 e. The quantitative estimate of drug-likeness (QED) is 0.940. The van der Waals surface area contributed by atoms with E-state index in [1.807, 2.05) is 0 Å². The fourth-order valence-electron chi connectivity index (χ4n) is 1.39. The number of hydrogen-bond acceptors (Lipinski definition) is 4. The molecule has 0 aliphatic heterocycles. The summed E-state index contributed by atoms with van der Waals surface area (Å²) in [7, 11) is 0. The average molecular weight is 298 g/mol. The van der Waals surface area contributed by atoms with Crippen molar-refractivity contribution in [3.8, 4) is 0 Å². The first-order chi connectivity index (χ1) is 7.74. The van der Waals surface area contributed by atoms with Crippen molar-refractivity contribution in [3.05, 3.63) is 39.3 Å². The molecule has 5 heteroatoms. The van der Waals surface area contributed by atoms with Crippen molar-refractivity contribution < 1.29 is 0 Å². The monoisotopic (exact) mass is 297 g/mol. The number of halogens is 1. The first-order valence-corrected chi connectivity index (χ1v) is 6.68. The summed E-state index contributed by atoms with van der Waals surface area (Å²) in [5, 5.41) is 5.37. The van der Waals surface area contributed by atoms with Crippen LogP contribution in [0.25, 0.3) is 0 Å². The number of anilines is 1. The summed E-state index contributed by atoms with van der Waals surface area (Å²) < 4.78 is 0.893. The molecule has 0 bridgehead atoms. The maximum absolute atomic E-state index is 4.18. The van der Waals surface area contributed by atoms with Crippen molar-refractivity contribution in [2.75, 3.05) is 5.32 Å². The van der Waals surface area contributed by atoms with E-state index < -0.39 is 0 Å². The number of aromatic nitrogens is 2. The van der Waals surface area contributed by atoms with Gasteiger partial charge in [0.2, 0.25) is 5.95 Å². The lowest BCUT2D eigenvalue weighted by molar-refractivity contribution is 0.786. The Balaban J connectivity index is 1.92. The first kappa shape index (κ1) is 11.5. The molecule has 0 spiro atoms. The van der Waals surface area contributed by atoms with Crippen LogP contribution < -0.4 is 5.32 Å². The van der Waals surface area contributed by atoms with E-state index in [2.05, 4.69) is 55.7 Å². The predicted molar refractivity (Wildman–Crippen MR) is 70.8 cm³/mol. The highest BCUT2D eigenvalue weighted by Crippen LogP contribution is 2.13. The van der Waals surface area contributed by atoms with Crippen LogP contribution in [0.2, 0.25) is 0 Å². The highest BCUT2D eigenvalue weighted by molar-refractivity contribution is 9.10. The standard InChI is InChI=1S/C11H12BrN3S/c1-8(5-10-3-2-4-16-10)15-11-13-6-9(12)7-14-11/h2-4,6-8H,5H2,1H3,(H,13,14,15). The zero-order chi connectivity index (χ0) is 11.4. The van der Waals surface area contributed by atoms with Crippen LogP contribution in [-0.4, -0.2) is 16.0 Å². The van der Waals surface area contributed by atoms with Gasteiger partial charge >= 0.3 is 0 Å². The van der Waals surface area contributed by atoms with Crippen LogP contribution in [0.3, 0.4) is 0 Å². The molecule has 1 unspecified atom stereocenters. The summed E-state index contributed by atoms with van der Waals surface area (Å²) in [6.07, 6.45) is 4.48. The van der Waals surface area contributed by atoms with Crippen molar-refractivity contribution in [3.63, 3.8) is 0 Å². The lowest BCUT2D eigenvalue weighted by atomic mass is 10.2. The van der Waals surface area contributed by atoms with Crippen LogP contribution in [-0.2, 0) is 6.42 Å². The Morgan fingerprint density at radius 3 is 2.81 bits per heavy atom. The second-order valence-electron chi connectivity index (χ2n) is 3.55. The van der Waals surface area contributed by atoms with Crippen LogP contribution in [0.15, 0.2) is 34.4 Å². The van der Waals surface area contributed by atoms with Crippen molar-refractivity contribution in [2.24, 2.45) is 0 Å². The van der Waals surface area contributed by atoms with Gasteiger partial charge in [-0.25, -0.2) is 9.97 Å². The molecule has 2 aromatic heterocycles. The molecule has 0 aliphatic carbocycles. The van der Waals surface area contributed by atoms with Crippen molar-refractivity contribution in [1.82, 2.24) is 9.97 Å². The van der Waals surface area contributed by atoms with Gasteiger partial charge in [0.15, 0.2) is 0 Å². The minimum atomic E-state index is 0.333. The van der Waals surface area contributed by atoms with Gasteiger partial charge in [-0.05, 0) is 34.3 Å². The third-order valence-corrected chi connectivity index (χ3v) is 3.39. The van der Waals surface area contributed by atoms with Crippen LogP contribution in [0.4, 0.5) is 5.95 Å². The lowest BCUT2D eigenvalue weighted by Gasteiger charge is -2.12. The average Bonchev–Trinajstić information content (AvgIpc) is 2.74. The van der Waals surface area contributed by atoms with E-state index in [-0.39, 0.29) is 0 Å². The summed E-state index contributed by atoms with van der Waals surface area (Å²) in [4.78, 5) is 9.74. The van der Waals surface area contributed by atoms with Gasteiger partial charge in [0.25, 0.3) is 0 Å². The lowest BCUT2D eigenvalue weighted by Crippen LogP contribution is -2.19. The second kappa shape index (κ2) is 5.41. The van der Waals surface area contributed by atoms with Gasteiger partial charge in [-0.1, -0.05) is 6.07 Å². The van der Waals surface area contributed by atoms with E-state index in [0.717, 1.165) is 10.9 Å². The number of rotatable bonds is 4. The van der Waals surface area contributed by atoms with Crippen LogP contribution in [0.1, 0.15) is 11.8 Å². The molecular formula is C11H12BrN3S. The highest BCUT2D eigenvalue weighted by atomic mass is 79.9. The molecule has 0 amide bonds. The Morgan fingerprint density at radius 2 is 2.19 bits per heavy atom. The van der Waals surface area contributed by atoms with Gasteiger partial charge < -0.3 is 5.32 Å². The molecule has 1 atom stereocenters. The molecule has 0 aromatic carbocycles. The summed E-state index contributed by atoms with van der Waals surface area (Å²) in [6, 6.07) is 4.55. The fourth-order valence-corrected chi connectivity index (χ4v) is 2.43. The Morgan fingerprint density at radius 1 is 1.44 bits per heavy atom. The summed E-state index contributed by atoms with van der Waals surface area (Å²) >= 11 is 5.09. The molecule has 2 rings (SSSR count). The topological polar surface area (TPSA) is 37.8 Å². The number of nitrogens with zero attached hydrogens (tertiary/aromatic N) is 2. The summed E-state index contributed by atoms with van der Waals surface area (Å²) in [6.45, 7) is 2.13. The number of nitrogens with one attached hydrogen (secondary N) is 1. The third-order valence-electron chi connectivity index (χ3n) is 2.08. The van der Waals surface area contributed by atoms with Gasteiger partial charge in [-0.2, -0.15) is 0 Å². The smallest absolute Gasteiger partial charge is 0.222 e.